The van der Waals surface area contributed by atoms with Gasteiger partial charge in [-0.2, -0.15) is 0 Å². The van der Waals surface area contributed by atoms with Crippen molar-refractivity contribution in [1.29, 1.82) is 0 Å². The van der Waals surface area contributed by atoms with Gasteiger partial charge in [-0.1, -0.05) is 18.2 Å². The highest BCUT2D eigenvalue weighted by Gasteiger charge is 2.47. The van der Waals surface area contributed by atoms with Gasteiger partial charge in [0.2, 0.25) is 0 Å². The molecule has 1 amide bonds. The van der Waals surface area contributed by atoms with E-state index in [0.717, 1.165) is 12.8 Å². The maximum atomic E-state index is 14.7. The number of ether oxygens (including phenoxy) is 1. The topological polar surface area (TPSA) is 66.8 Å². The molecule has 2 aromatic rings. The lowest BCUT2D eigenvalue weighted by molar-refractivity contribution is -0.140. The molecule has 0 aromatic heterocycles. The van der Waals surface area contributed by atoms with E-state index in [2.05, 4.69) is 0 Å². The van der Waals surface area contributed by atoms with Gasteiger partial charge in [-0.15, -0.1) is 0 Å². The molecule has 2 aliphatic rings. The molecule has 2 aliphatic heterocycles. The predicted octanol–water partition coefficient (Wildman–Crippen LogP) is 3.87. The van der Waals surface area contributed by atoms with E-state index in [4.69, 9.17) is 4.74 Å². The summed E-state index contributed by atoms with van der Waals surface area (Å²) in [6, 6.07) is 8.62. The van der Waals surface area contributed by atoms with Crippen molar-refractivity contribution in [3.05, 3.63) is 76.4 Å². The fourth-order valence-corrected chi connectivity index (χ4v) is 4.04. The van der Waals surface area contributed by atoms with Crippen LogP contribution in [0.3, 0.4) is 0 Å². The Labute approximate surface area is 172 Å². The van der Waals surface area contributed by atoms with Crippen LogP contribution in [-0.4, -0.2) is 41.0 Å². The Morgan fingerprint density at radius 2 is 1.93 bits per heavy atom. The van der Waals surface area contributed by atoms with Crippen molar-refractivity contribution < 1.29 is 28.2 Å². The van der Waals surface area contributed by atoms with Crippen LogP contribution >= 0.6 is 0 Å². The van der Waals surface area contributed by atoms with Gasteiger partial charge in [0, 0.05) is 24.3 Å². The Hall–Kier alpha value is -3.06. The average Bonchev–Trinajstić information content (AvgIpc) is 3.32. The van der Waals surface area contributed by atoms with Crippen LogP contribution in [0.15, 0.2) is 48.0 Å². The monoisotopic (exact) mass is 413 g/mol. The van der Waals surface area contributed by atoms with Gasteiger partial charge >= 0.3 is 0 Å². The number of hydrogen-bond acceptors (Lipinski definition) is 4. The second-order valence-electron chi connectivity index (χ2n) is 7.57. The van der Waals surface area contributed by atoms with Crippen molar-refractivity contribution in [1.82, 2.24) is 4.90 Å². The van der Waals surface area contributed by atoms with Crippen molar-refractivity contribution in [2.75, 3.05) is 13.2 Å². The third-order valence-corrected chi connectivity index (χ3v) is 5.60. The summed E-state index contributed by atoms with van der Waals surface area (Å²) in [4.78, 5) is 27.0. The van der Waals surface area contributed by atoms with Gasteiger partial charge in [-0.3, -0.25) is 9.59 Å². The van der Waals surface area contributed by atoms with Gasteiger partial charge in [0.25, 0.3) is 11.7 Å². The first-order valence-electron chi connectivity index (χ1n) is 9.79. The summed E-state index contributed by atoms with van der Waals surface area (Å²) in [5, 5.41) is 10.9. The van der Waals surface area contributed by atoms with E-state index in [0.29, 0.717) is 6.61 Å². The molecule has 30 heavy (non-hydrogen) atoms. The molecule has 5 nitrogen and oxygen atoms in total. The van der Waals surface area contributed by atoms with Crippen molar-refractivity contribution in [3.8, 4) is 0 Å². The molecule has 0 spiro atoms. The van der Waals surface area contributed by atoms with Gasteiger partial charge in [0.1, 0.15) is 17.4 Å². The van der Waals surface area contributed by atoms with E-state index in [1.807, 2.05) is 0 Å². The number of aryl methyl sites for hydroxylation is 1. The van der Waals surface area contributed by atoms with Crippen LogP contribution < -0.4 is 0 Å². The zero-order valence-corrected chi connectivity index (χ0v) is 16.4. The number of aliphatic hydroxyl groups excluding tert-OH is 1. The molecule has 0 bridgehead atoms. The maximum absolute atomic E-state index is 14.7. The largest absolute Gasteiger partial charge is 0.507 e. The molecular weight excluding hydrogens is 392 g/mol. The number of nitrogens with zero attached hydrogens (tertiary/aromatic N) is 1. The zero-order valence-electron chi connectivity index (χ0n) is 16.4. The molecule has 1 N–H and O–H groups in total. The molecule has 7 heteroatoms. The summed E-state index contributed by atoms with van der Waals surface area (Å²) >= 11 is 0. The zero-order chi connectivity index (χ0) is 21.4. The van der Waals surface area contributed by atoms with Crippen LogP contribution in [0.1, 0.15) is 35.6 Å². The van der Waals surface area contributed by atoms with Crippen LogP contribution in [0, 0.1) is 18.6 Å². The highest BCUT2D eigenvalue weighted by Crippen LogP contribution is 2.41. The van der Waals surface area contributed by atoms with Crippen molar-refractivity contribution in [3.63, 3.8) is 0 Å². The van der Waals surface area contributed by atoms with Crippen molar-refractivity contribution >= 4 is 17.4 Å². The van der Waals surface area contributed by atoms with Crippen LogP contribution in [-0.2, 0) is 14.3 Å². The summed E-state index contributed by atoms with van der Waals surface area (Å²) in [7, 11) is 0. The average molecular weight is 413 g/mol. The number of benzene rings is 2. The summed E-state index contributed by atoms with van der Waals surface area (Å²) in [5.74, 6) is -3.24. The number of halogens is 2. The van der Waals surface area contributed by atoms with Gasteiger partial charge in [-0.25, -0.2) is 8.78 Å². The van der Waals surface area contributed by atoms with Crippen molar-refractivity contribution in [2.45, 2.75) is 31.9 Å². The number of hydrogen-bond donors (Lipinski definition) is 1. The van der Waals surface area contributed by atoms with E-state index in [-0.39, 0.29) is 34.9 Å². The van der Waals surface area contributed by atoms with Crippen LogP contribution in [0.5, 0.6) is 0 Å². The molecule has 2 heterocycles. The van der Waals surface area contributed by atoms with E-state index >= 15 is 0 Å². The normalized spacial score (nSPS) is 23.4. The number of ketones is 1. The fraction of sp³-hybridized carbons (Fsp3) is 0.304. The summed E-state index contributed by atoms with van der Waals surface area (Å²) < 4.78 is 34.0. The number of aliphatic hydroxyl groups is 1. The molecule has 0 aliphatic carbocycles. The standard InChI is InChI=1S/C23H21F2NO4/c1-13-11-14(8-9-17(13)24)21(27)19-20(16-6-2-3-7-18(16)25)26(23(29)22(19)28)12-15-5-4-10-30-15/h2-3,6-9,11,15,20,27H,4-5,10,12H2,1H3/b21-19+. The second kappa shape index (κ2) is 7.99. The van der Waals surface area contributed by atoms with E-state index in [9.17, 15) is 23.5 Å². The van der Waals surface area contributed by atoms with E-state index in [1.54, 1.807) is 6.07 Å². The predicted molar refractivity (Wildman–Crippen MR) is 106 cm³/mol. The Balaban J connectivity index is 1.86. The number of carbonyl (C=O) groups excluding carboxylic acids is 2. The smallest absolute Gasteiger partial charge is 0.295 e. The third kappa shape index (κ3) is 3.50. The molecule has 2 atom stereocenters. The maximum Gasteiger partial charge on any atom is 0.295 e. The summed E-state index contributed by atoms with van der Waals surface area (Å²) in [6.45, 7) is 2.20. The van der Waals surface area contributed by atoms with Gasteiger partial charge in [-0.05, 0) is 49.6 Å². The van der Waals surface area contributed by atoms with Gasteiger partial charge in [0.05, 0.1) is 17.7 Å². The third-order valence-electron chi connectivity index (χ3n) is 5.60. The summed E-state index contributed by atoms with van der Waals surface area (Å²) in [5.41, 5.74) is 0.351. The number of likely N-dealkylation sites (tertiary alicyclic amines) is 1. The first kappa shape index (κ1) is 20.2. The van der Waals surface area contributed by atoms with Crippen LogP contribution in [0.25, 0.3) is 5.76 Å². The first-order chi connectivity index (χ1) is 14.4. The molecule has 4 rings (SSSR count). The quantitative estimate of drug-likeness (QED) is 0.469. The van der Waals surface area contributed by atoms with Gasteiger partial charge < -0.3 is 14.7 Å². The van der Waals surface area contributed by atoms with E-state index < -0.39 is 35.1 Å². The number of rotatable bonds is 4. The fourth-order valence-electron chi connectivity index (χ4n) is 4.04. The molecule has 2 aromatic carbocycles. The SMILES string of the molecule is Cc1cc(/C(O)=C2\C(=O)C(=O)N(CC3CCCO3)C2c2ccccc2F)ccc1F. The molecule has 2 fully saturated rings. The first-order valence-corrected chi connectivity index (χ1v) is 9.79. The minimum Gasteiger partial charge on any atom is -0.507 e. The lowest BCUT2D eigenvalue weighted by Gasteiger charge is -2.27. The van der Waals surface area contributed by atoms with Crippen LogP contribution in [0.4, 0.5) is 8.78 Å². The molecule has 2 saturated heterocycles. The minimum absolute atomic E-state index is 0.107. The Morgan fingerprint density at radius 1 is 1.17 bits per heavy atom. The lowest BCUT2D eigenvalue weighted by Crippen LogP contribution is -2.36. The number of amides is 1. The molecule has 2 unspecified atom stereocenters. The number of carbonyl (C=O) groups is 2. The highest BCUT2D eigenvalue weighted by molar-refractivity contribution is 6.46. The molecule has 0 saturated carbocycles. The number of Topliss-reactive ketones (excluding diaryl/α,β-unsaturated/α-hetero) is 1. The highest BCUT2D eigenvalue weighted by atomic mass is 19.1. The Bertz CT molecular complexity index is 1040. The minimum atomic E-state index is -1.10. The lowest BCUT2D eigenvalue weighted by atomic mass is 9.94. The van der Waals surface area contributed by atoms with Crippen LogP contribution in [0.2, 0.25) is 0 Å². The molecular formula is C23H21F2NO4. The van der Waals surface area contributed by atoms with Crippen molar-refractivity contribution in [2.24, 2.45) is 0 Å². The Kier molecular flexibility index (Phi) is 5.39. The summed E-state index contributed by atoms with van der Waals surface area (Å²) in [6.07, 6.45) is 1.31. The van der Waals surface area contributed by atoms with E-state index in [1.165, 1.54) is 48.2 Å². The Morgan fingerprint density at radius 3 is 2.60 bits per heavy atom. The molecule has 156 valence electrons. The second-order valence-corrected chi connectivity index (χ2v) is 7.57. The van der Waals surface area contributed by atoms with Gasteiger partial charge in [0.15, 0.2) is 0 Å². The molecule has 0 radical (unpaired) electrons.